The van der Waals surface area contributed by atoms with Gasteiger partial charge in [-0.2, -0.15) is 0 Å². The van der Waals surface area contributed by atoms with E-state index in [0.717, 1.165) is 11.1 Å². The fourth-order valence-electron chi connectivity index (χ4n) is 1.05. The summed E-state index contributed by atoms with van der Waals surface area (Å²) >= 11 is 0. The normalized spacial score (nSPS) is 8.62. The van der Waals surface area contributed by atoms with Gasteiger partial charge < -0.3 is 10.2 Å². The van der Waals surface area contributed by atoms with Gasteiger partial charge in [0.25, 0.3) is 0 Å². The number of aromatic carboxylic acids is 1. The summed E-state index contributed by atoms with van der Waals surface area (Å²) in [5, 5.41) is 14.9. The Balaban J connectivity index is 0.000000671. The summed E-state index contributed by atoms with van der Waals surface area (Å²) in [7, 11) is 4.75. The molecular formula is C10H11O3. The molecule has 0 bridgehead atoms. The van der Waals surface area contributed by atoms with Crippen molar-refractivity contribution in [1.82, 2.24) is 0 Å². The SMILES string of the molecule is Cc1ccc(C(=O)O)c(C)c1.[C]O. The first-order valence-corrected chi connectivity index (χ1v) is 3.64. The molecule has 0 fully saturated rings. The Bertz CT molecular complexity index is 292. The summed E-state index contributed by atoms with van der Waals surface area (Å²) in [6.45, 7) is 3.75. The molecule has 0 aliphatic carbocycles. The van der Waals surface area contributed by atoms with Gasteiger partial charge in [-0.05, 0) is 25.5 Å². The third kappa shape index (κ3) is 3.25. The summed E-state index contributed by atoms with van der Waals surface area (Å²) in [6, 6.07) is 5.30. The van der Waals surface area contributed by atoms with Crippen LogP contribution in [0.15, 0.2) is 18.2 Å². The molecular weight excluding hydrogens is 168 g/mol. The third-order valence-corrected chi connectivity index (χ3v) is 1.61. The molecule has 0 aromatic heterocycles. The summed E-state index contributed by atoms with van der Waals surface area (Å²) in [5.74, 6) is -0.859. The van der Waals surface area contributed by atoms with E-state index in [1.807, 2.05) is 13.0 Å². The maximum absolute atomic E-state index is 10.5. The number of rotatable bonds is 1. The lowest BCUT2D eigenvalue weighted by Crippen LogP contribution is -1.99. The van der Waals surface area contributed by atoms with Crippen molar-refractivity contribution in [1.29, 1.82) is 0 Å². The first-order chi connectivity index (χ1) is 6.11. The molecule has 69 valence electrons. The Hall–Kier alpha value is -1.35. The van der Waals surface area contributed by atoms with E-state index in [9.17, 15) is 4.79 Å². The van der Waals surface area contributed by atoms with E-state index in [1.54, 1.807) is 19.1 Å². The smallest absolute Gasteiger partial charge is 0.335 e. The van der Waals surface area contributed by atoms with Gasteiger partial charge in [-0.15, -0.1) is 0 Å². The van der Waals surface area contributed by atoms with Crippen molar-refractivity contribution in [3.05, 3.63) is 42.0 Å². The second-order valence-electron chi connectivity index (χ2n) is 2.62. The van der Waals surface area contributed by atoms with Gasteiger partial charge in [-0.25, -0.2) is 4.79 Å². The van der Waals surface area contributed by atoms with Crippen molar-refractivity contribution < 1.29 is 15.0 Å². The topological polar surface area (TPSA) is 57.5 Å². The molecule has 1 aromatic rings. The number of aliphatic hydroxyl groups excluding tert-OH is 1. The highest BCUT2D eigenvalue weighted by atomic mass is 16.4. The van der Waals surface area contributed by atoms with Gasteiger partial charge in [0.1, 0.15) is 0 Å². The Morgan fingerprint density at radius 1 is 1.31 bits per heavy atom. The van der Waals surface area contributed by atoms with Crippen LogP contribution in [-0.4, -0.2) is 16.2 Å². The van der Waals surface area contributed by atoms with Crippen LogP contribution in [0, 0.1) is 21.0 Å². The van der Waals surface area contributed by atoms with E-state index in [0.29, 0.717) is 5.56 Å². The molecule has 3 nitrogen and oxygen atoms in total. The molecule has 0 aliphatic rings. The van der Waals surface area contributed by atoms with E-state index in [1.165, 1.54) is 0 Å². The van der Waals surface area contributed by atoms with Crippen LogP contribution >= 0.6 is 0 Å². The summed E-state index contributed by atoms with van der Waals surface area (Å²) < 4.78 is 0. The first kappa shape index (κ1) is 11.6. The highest BCUT2D eigenvalue weighted by Gasteiger charge is 2.04. The predicted molar refractivity (Wildman–Crippen MR) is 48.1 cm³/mol. The fourth-order valence-corrected chi connectivity index (χ4v) is 1.05. The molecule has 1 rings (SSSR count). The van der Waals surface area contributed by atoms with Gasteiger partial charge in [0.05, 0.1) is 5.56 Å². The number of benzene rings is 1. The lowest BCUT2D eigenvalue weighted by atomic mass is 10.1. The maximum Gasteiger partial charge on any atom is 0.335 e. The highest BCUT2D eigenvalue weighted by Crippen LogP contribution is 2.09. The minimum absolute atomic E-state index is 0.385. The van der Waals surface area contributed by atoms with Crippen LogP contribution in [0.4, 0.5) is 0 Å². The average molecular weight is 179 g/mol. The predicted octanol–water partition coefficient (Wildman–Crippen LogP) is 1.91. The van der Waals surface area contributed by atoms with Crippen LogP contribution < -0.4 is 0 Å². The second-order valence-corrected chi connectivity index (χ2v) is 2.62. The van der Waals surface area contributed by atoms with Crippen LogP contribution in [0.1, 0.15) is 21.5 Å². The molecule has 13 heavy (non-hydrogen) atoms. The molecule has 3 heteroatoms. The van der Waals surface area contributed by atoms with E-state index in [4.69, 9.17) is 17.3 Å². The number of carbonyl (C=O) groups is 1. The van der Waals surface area contributed by atoms with Gasteiger partial charge in [-0.1, -0.05) is 17.7 Å². The lowest BCUT2D eigenvalue weighted by Gasteiger charge is -2.00. The third-order valence-electron chi connectivity index (χ3n) is 1.61. The Morgan fingerprint density at radius 2 is 1.85 bits per heavy atom. The van der Waals surface area contributed by atoms with Gasteiger partial charge in [-0.3, -0.25) is 0 Å². The van der Waals surface area contributed by atoms with Gasteiger partial charge in [0.2, 0.25) is 0 Å². The van der Waals surface area contributed by atoms with Crippen molar-refractivity contribution in [2.75, 3.05) is 0 Å². The molecule has 0 saturated carbocycles. The van der Waals surface area contributed by atoms with Crippen molar-refractivity contribution >= 4 is 5.97 Å². The fraction of sp³-hybridized carbons (Fsp3) is 0.200. The lowest BCUT2D eigenvalue weighted by molar-refractivity contribution is 0.0696. The number of hydrogen-bond acceptors (Lipinski definition) is 2. The number of carboxylic acid groups (broad SMARTS) is 1. The molecule has 1 aromatic carbocycles. The zero-order valence-electron chi connectivity index (χ0n) is 7.53. The van der Waals surface area contributed by atoms with E-state index < -0.39 is 5.97 Å². The highest BCUT2D eigenvalue weighted by molar-refractivity contribution is 5.89. The zero-order chi connectivity index (χ0) is 10.4. The number of hydrogen-bond donors (Lipinski definition) is 2. The molecule has 0 atom stereocenters. The number of carboxylic acids is 1. The molecule has 0 amide bonds. The molecule has 3 radical (unpaired) electrons. The van der Waals surface area contributed by atoms with Gasteiger partial charge in [0.15, 0.2) is 7.11 Å². The molecule has 2 N–H and O–H groups in total. The van der Waals surface area contributed by atoms with Crippen molar-refractivity contribution in [3.8, 4) is 0 Å². The van der Waals surface area contributed by atoms with Crippen molar-refractivity contribution in [2.24, 2.45) is 0 Å². The largest absolute Gasteiger partial charge is 0.478 e. The minimum Gasteiger partial charge on any atom is -0.478 e. The number of aliphatic hydroxyl groups is 1. The molecule has 0 saturated heterocycles. The van der Waals surface area contributed by atoms with Crippen LogP contribution in [0.5, 0.6) is 0 Å². The van der Waals surface area contributed by atoms with Crippen molar-refractivity contribution in [3.63, 3.8) is 0 Å². The summed E-state index contributed by atoms with van der Waals surface area (Å²) in [4.78, 5) is 10.5. The molecule has 0 unspecified atom stereocenters. The average Bonchev–Trinajstić information content (AvgIpc) is 2.07. The Kier molecular flexibility index (Phi) is 4.77. The minimum atomic E-state index is -0.859. The molecule has 0 spiro atoms. The van der Waals surface area contributed by atoms with E-state index in [2.05, 4.69) is 0 Å². The van der Waals surface area contributed by atoms with Crippen LogP contribution in [0.25, 0.3) is 0 Å². The van der Waals surface area contributed by atoms with E-state index in [-0.39, 0.29) is 0 Å². The zero-order valence-corrected chi connectivity index (χ0v) is 7.53. The first-order valence-electron chi connectivity index (χ1n) is 3.64. The van der Waals surface area contributed by atoms with Crippen LogP contribution in [0.2, 0.25) is 0 Å². The Morgan fingerprint density at radius 3 is 2.23 bits per heavy atom. The van der Waals surface area contributed by atoms with E-state index >= 15 is 0 Å². The maximum atomic E-state index is 10.5. The quantitative estimate of drug-likeness (QED) is 0.692. The molecule has 0 heterocycles. The van der Waals surface area contributed by atoms with Gasteiger partial charge in [0, 0.05) is 0 Å². The molecule has 0 aliphatic heterocycles. The van der Waals surface area contributed by atoms with Crippen LogP contribution in [-0.2, 0) is 0 Å². The standard InChI is InChI=1S/C9H10O2.CHO/c1-6-3-4-8(9(10)11)7(2)5-6;1-2/h3-5H,1-2H3,(H,10,11);2H. The van der Waals surface area contributed by atoms with Gasteiger partial charge >= 0.3 is 5.97 Å². The Labute approximate surface area is 77.6 Å². The summed E-state index contributed by atoms with van der Waals surface area (Å²) in [5.41, 5.74) is 2.29. The van der Waals surface area contributed by atoms with Crippen LogP contribution in [0.3, 0.4) is 0 Å². The monoisotopic (exact) mass is 179 g/mol. The second kappa shape index (κ2) is 5.32. The van der Waals surface area contributed by atoms with Crippen molar-refractivity contribution in [2.45, 2.75) is 13.8 Å². The number of aryl methyl sites for hydroxylation is 2. The summed E-state index contributed by atoms with van der Waals surface area (Å²) in [6.07, 6.45) is 0.